The molecular formula is C15H31N3O. The number of carbonyl (C=O) groups is 1. The van der Waals surface area contributed by atoms with E-state index < -0.39 is 0 Å². The average molecular weight is 269 g/mol. The highest BCUT2D eigenvalue weighted by Gasteiger charge is 2.29. The maximum absolute atomic E-state index is 12.3. The van der Waals surface area contributed by atoms with E-state index in [2.05, 4.69) is 25.8 Å². The molecule has 4 nitrogen and oxygen atoms in total. The van der Waals surface area contributed by atoms with E-state index in [-0.39, 0.29) is 17.9 Å². The summed E-state index contributed by atoms with van der Waals surface area (Å²) in [6.45, 7) is 11.3. The van der Waals surface area contributed by atoms with Gasteiger partial charge < -0.3 is 15.5 Å². The minimum Gasteiger partial charge on any atom is -0.341 e. The van der Waals surface area contributed by atoms with Crippen molar-refractivity contribution < 1.29 is 4.79 Å². The highest BCUT2D eigenvalue weighted by Crippen LogP contribution is 2.19. The second-order valence-corrected chi connectivity index (χ2v) is 6.60. The number of piperidine rings is 1. The molecule has 1 heterocycles. The molecule has 0 aromatic carbocycles. The molecule has 112 valence electrons. The van der Waals surface area contributed by atoms with E-state index in [1.54, 1.807) is 0 Å². The first-order valence-corrected chi connectivity index (χ1v) is 7.57. The Balaban J connectivity index is 2.52. The van der Waals surface area contributed by atoms with Crippen LogP contribution in [0.3, 0.4) is 0 Å². The Morgan fingerprint density at radius 2 is 2.00 bits per heavy atom. The lowest BCUT2D eigenvalue weighted by Crippen LogP contribution is -2.51. The Labute approximate surface area is 118 Å². The van der Waals surface area contributed by atoms with Crippen LogP contribution in [0, 0.1) is 11.8 Å². The Morgan fingerprint density at radius 3 is 2.53 bits per heavy atom. The number of amides is 1. The van der Waals surface area contributed by atoms with Gasteiger partial charge in [0.25, 0.3) is 0 Å². The van der Waals surface area contributed by atoms with Crippen molar-refractivity contribution in [1.29, 1.82) is 0 Å². The van der Waals surface area contributed by atoms with E-state index in [9.17, 15) is 4.79 Å². The molecule has 2 N–H and O–H groups in total. The minimum atomic E-state index is -0.346. The maximum atomic E-state index is 12.3. The zero-order valence-corrected chi connectivity index (χ0v) is 13.2. The third kappa shape index (κ3) is 4.77. The zero-order valence-electron chi connectivity index (χ0n) is 13.2. The second kappa shape index (κ2) is 7.25. The lowest BCUT2D eigenvalue weighted by atomic mass is 9.95. The fraction of sp³-hybridized carbons (Fsp3) is 0.933. The van der Waals surface area contributed by atoms with Gasteiger partial charge >= 0.3 is 0 Å². The lowest BCUT2D eigenvalue weighted by molar-refractivity contribution is -0.135. The van der Waals surface area contributed by atoms with Crippen LogP contribution < -0.4 is 5.73 Å². The van der Waals surface area contributed by atoms with Crippen LogP contribution in [0.5, 0.6) is 0 Å². The van der Waals surface area contributed by atoms with Gasteiger partial charge in [-0.1, -0.05) is 13.8 Å². The van der Waals surface area contributed by atoms with Crippen LogP contribution in [0.2, 0.25) is 0 Å². The van der Waals surface area contributed by atoms with E-state index in [0.717, 1.165) is 26.1 Å². The van der Waals surface area contributed by atoms with Crippen LogP contribution in [-0.4, -0.2) is 54.5 Å². The molecule has 19 heavy (non-hydrogen) atoms. The molecule has 0 bridgehead atoms. The summed E-state index contributed by atoms with van der Waals surface area (Å²) in [5.41, 5.74) is 5.98. The predicted molar refractivity (Wildman–Crippen MR) is 79.9 cm³/mol. The van der Waals surface area contributed by atoms with Gasteiger partial charge in [0, 0.05) is 25.7 Å². The molecule has 1 aliphatic heterocycles. The van der Waals surface area contributed by atoms with Gasteiger partial charge in [0.15, 0.2) is 0 Å². The topological polar surface area (TPSA) is 49.6 Å². The SMILES string of the molecule is CC(C)[C@H](N)C(=O)N1CCC[C@H](CN(C)C(C)C)C1. The summed E-state index contributed by atoms with van der Waals surface area (Å²) in [5, 5.41) is 0. The van der Waals surface area contributed by atoms with Crippen molar-refractivity contribution in [2.24, 2.45) is 17.6 Å². The Kier molecular flexibility index (Phi) is 6.27. The molecule has 1 rings (SSSR count). The van der Waals surface area contributed by atoms with Crippen LogP contribution in [0.15, 0.2) is 0 Å². The Bertz CT molecular complexity index is 291. The first-order chi connectivity index (χ1) is 8.82. The number of nitrogens with two attached hydrogens (primary N) is 1. The molecule has 4 heteroatoms. The van der Waals surface area contributed by atoms with E-state index in [4.69, 9.17) is 5.73 Å². The molecule has 0 saturated carbocycles. The van der Waals surface area contributed by atoms with Gasteiger partial charge in [-0.25, -0.2) is 0 Å². The molecule has 0 aliphatic carbocycles. The van der Waals surface area contributed by atoms with Gasteiger partial charge in [0.05, 0.1) is 6.04 Å². The molecule has 1 aliphatic rings. The van der Waals surface area contributed by atoms with Crippen LogP contribution in [0.25, 0.3) is 0 Å². The highest BCUT2D eigenvalue weighted by molar-refractivity contribution is 5.82. The van der Waals surface area contributed by atoms with Crippen molar-refractivity contribution in [3.8, 4) is 0 Å². The summed E-state index contributed by atoms with van der Waals surface area (Å²) in [4.78, 5) is 16.6. The van der Waals surface area contributed by atoms with Gasteiger partial charge in [-0.3, -0.25) is 4.79 Å². The van der Waals surface area contributed by atoms with Crippen LogP contribution in [0.4, 0.5) is 0 Å². The van der Waals surface area contributed by atoms with Crippen molar-refractivity contribution in [3.05, 3.63) is 0 Å². The summed E-state index contributed by atoms with van der Waals surface area (Å²) in [7, 11) is 2.16. The predicted octanol–water partition coefficient (Wildman–Crippen LogP) is 1.55. The Hall–Kier alpha value is -0.610. The average Bonchev–Trinajstić information content (AvgIpc) is 2.37. The summed E-state index contributed by atoms with van der Waals surface area (Å²) < 4.78 is 0. The quantitative estimate of drug-likeness (QED) is 0.824. The molecule has 1 amide bonds. The molecule has 0 unspecified atom stereocenters. The smallest absolute Gasteiger partial charge is 0.239 e. The number of hydrogen-bond acceptors (Lipinski definition) is 3. The van der Waals surface area contributed by atoms with Crippen LogP contribution in [0.1, 0.15) is 40.5 Å². The summed E-state index contributed by atoms with van der Waals surface area (Å²) in [5.74, 6) is 0.933. The van der Waals surface area contributed by atoms with Crippen LogP contribution in [-0.2, 0) is 4.79 Å². The van der Waals surface area contributed by atoms with Crippen molar-refractivity contribution in [2.75, 3.05) is 26.7 Å². The van der Waals surface area contributed by atoms with Gasteiger partial charge in [0.1, 0.15) is 0 Å². The normalized spacial score (nSPS) is 22.4. The largest absolute Gasteiger partial charge is 0.341 e. The number of carbonyl (C=O) groups excluding carboxylic acids is 1. The van der Waals surface area contributed by atoms with E-state index >= 15 is 0 Å². The number of likely N-dealkylation sites (tertiary alicyclic amines) is 1. The number of rotatable bonds is 5. The van der Waals surface area contributed by atoms with E-state index in [0.29, 0.717) is 12.0 Å². The summed E-state index contributed by atoms with van der Waals surface area (Å²) in [6, 6.07) is 0.213. The number of hydrogen-bond donors (Lipinski definition) is 1. The van der Waals surface area contributed by atoms with E-state index in [1.807, 2.05) is 18.7 Å². The van der Waals surface area contributed by atoms with Gasteiger partial charge in [-0.05, 0) is 45.6 Å². The summed E-state index contributed by atoms with van der Waals surface area (Å²) in [6.07, 6.45) is 2.32. The second-order valence-electron chi connectivity index (χ2n) is 6.60. The molecule has 1 saturated heterocycles. The van der Waals surface area contributed by atoms with Gasteiger partial charge in [-0.2, -0.15) is 0 Å². The first kappa shape index (κ1) is 16.4. The third-order valence-electron chi connectivity index (χ3n) is 4.26. The maximum Gasteiger partial charge on any atom is 0.239 e. The van der Waals surface area contributed by atoms with Gasteiger partial charge in [-0.15, -0.1) is 0 Å². The third-order valence-corrected chi connectivity index (χ3v) is 4.26. The van der Waals surface area contributed by atoms with Crippen molar-refractivity contribution in [2.45, 2.75) is 52.6 Å². The Morgan fingerprint density at radius 1 is 1.37 bits per heavy atom. The minimum absolute atomic E-state index is 0.131. The van der Waals surface area contributed by atoms with E-state index in [1.165, 1.54) is 6.42 Å². The van der Waals surface area contributed by atoms with Crippen molar-refractivity contribution >= 4 is 5.91 Å². The van der Waals surface area contributed by atoms with Gasteiger partial charge in [0.2, 0.25) is 5.91 Å². The zero-order chi connectivity index (χ0) is 14.6. The fourth-order valence-electron chi connectivity index (χ4n) is 2.53. The standard InChI is InChI=1S/C15H31N3O/c1-11(2)14(16)15(19)18-8-6-7-13(10-18)9-17(5)12(3)4/h11-14H,6-10,16H2,1-5H3/t13-,14+/m1/s1. The van der Waals surface area contributed by atoms with Crippen molar-refractivity contribution in [3.63, 3.8) is 0 Å². The fourth-order valence-corrected chi connectivity index (χ4v) is 2.53. The number of nitrogens with zero attached hydrogens (tertiary/aromatic N) is 2. The molecular weight excluding hydrogens is 238 g/mol. The molecule has 0 radical (unpaired) electrons. The highest BCUT2D eigenvalue weighted by atomic mass is 16.2. The first-order valence-electron chi connectivity index (χ1n) is 7.57. The van der Waals surface area contributed by atoms with Crippen molar-refractivity contribution in [1.82, 2.24) is 9.80 Å². The molecule has 0 spiro atoms. The monoisotopic (exact) mass is 269 g/mol. The molecule has 0 aromatic rings. The van der Waals surface area contributed by atoms with Crippen LogP contribution >= 0.6 is 0 Å². The lowest BCUT2D eigenvalue weighted by Gasteiger charge is -2.37. The molecule has 2 atom stereocenters. The summed E-state index contributed by atoms with van der Waals surface area (Å²) >= 11 is 0. The molecule has 0 aromatic heterocycles. The molecule has 1 fully saturated rings.